The highest BCUT2D eigenvalue weighted by Crippen LogP contribution is 2.36. The molecule has 1 atom stereocenters. The predicted molar refractivity (Wildman–Crippen MR) is 105 cm³/mol. The normalized spacial score (nSPS) is 17.7. The lowest BCUT2D eigenvalue weighted by Gasteiger charge is -2.36. The van der Waals surface area contributed by atoms with E-state index in [0.717, 1.165) is 42.8 Å². The average molecular weight is 362 g/mol. The molecule has 0 saturated carbocycles. The Balaban J connectivity index is 1.72. The van der Waals surface area contributed by atoms with Gasteiger partial charge in [0.25, 0.3) is 0 Å². The van der Waals surface area contributed by atoms with Gasteiger partial charge in [-0.15, -0.1) is 0 Å². The Bertz CT molecular complexity index is 913. The van der Waals surface area contributed by atoms with Gasteiger partial charge in [0.15, 0.2) is 0 Å². The molecule has 4 nitrogen and oxygen atoms in total. The summed E-state index contributed by atoms with van der Waals surface area (Å²) in [6, 6.07) is 17.2. The van der Waals surface area contributed by atoms with Gasteiger partial charge in [0.2, 0.25) is 5.95 Å². The first-order valence-corrected chi connectivity index (χ1v) is 9.37. The molecule has 2 N–H and O–H groups in total. The Morgan fingerprint density at radius 1 is 1.07 bits per heavy atom. The molecule has 138 valence electrons. The van der Waals surface area contributed by atoms with Crippen LogP contribution in [-0.4, -0.2) is 21.4 Å². The van der Waals surface area contributed by atoms with Gasteiger partial charge in [0.1, 0.15) is 5.82 Å². The van der Waals surface area contributed by atoms with Crippen molar-refractivity contribution in [2.24, 2.45) is 0 Å². The van der Waals surface area contributed by atoms with E-state index in [-0.39, 0.29) is 17.8 Å². The standard InChI is InChI=1S/C22H23FN4/c23-18-10-6-9-17(13-18)19-14-25-22(24)26-21(19)20-11-4-5-12-27(20)15-16-7-2-1-3-8-16/h1-3,6-10,13-14,20H,4-5,11-12,15H2,(H2,24,25,26)/t20-/m0/s1. The topological polar surface area (TPSA) is 55.0 Å². The number of piperidine rings is 1. The summed E-state index contributed by atoms with van der Waals surface area (Å²) in [5.74, 6) is -0.00421. The number of aromatic nitrogens is 2. The molecule has 1 aliphatic heterocycles. The quantitative estimate of drug-likeness (QED) is 0.737. The van der Waals surface area contributed by atoms with Crippen molar-refractivity contribution in [3.8, 4) is 11.1 Å². The lowest BCUT2D eigenvalue weighted by atomic mass is 9.93. The van der Waals surface area contributed by atoms with E-state index < -0.39 is 0 Å². The first-order valence-electron chi connectivity index (χ1n) is 9.37. The maximum atomic E-state index is 13.8. The Morgan fingerprint density at radius 3 is 2.74 bits per heavy atom. The Kier molecular flexibility index (Phi) is 5.12. The Labute approximate surface area is 158 Å². The fourth-order valence-electron chi connectivity index (χ4n) is 3.85. The molecule has 0 radical (unpaired) electrons. The van der Waals surface area contributed by atoms with Crippen LogP contribution in [0.25, 0.3) is 11.1 Å². The summed E-state index contributed by atoms with van der Waals surface area (Å²) in [6.07, 6.45) is 5.04. The average Bonchev–Trinajstić information content (AvgIpc) is 2.69. The first-order chi connectivity index (χ1) is 13.2. The molecule has 1 saturated heterocycles. The minimum Gasteiger partial charge on any atom is -0.368 e. The van der Waals surface area contributed by atoms with Crippen LogP contribution in [0.3, 0.4) is 0 Å². The molecular weight excluding hydrogens is 339 g/mol. The van der Waals surface area contributed by atoms with Crippen LogP contribution in [0.4, 0.5) is 10.3 Å². The van der Waals surface area contributed by atoms with Gasteiger partial charge in [-0.2, -0.15) is 0 Å². The van der Waals surface area contributed by atoms with Crippen LogP contribution in [-0.2, 0) is 6.54 Å². The van der Waals surface area contributed by atoms with Gasteiger partial charge in [0.05, 0.1) is 11.7 Å². The summed E-state index contributed by atoms with van der Waals surface area (Å²) in [5.41, 5.74) is 9.74. The highest BCUT2D eigenvalue weighted by molar-refractivity contribution is 5.66. The lowest BCUT2D eigenvalue weighted by Crippen LogP contribution is -2.34. The van der Waals surface area contributed by atoms with Gasteiger partial charge >= 0.3 is 0 Å². The van der Waals surface area contributed by atoms with Crippen molar-refractivity contribution in [2.75, 3.05) is 12.3 Å². The minimum atomic E-state index is -0.264. The molecule has 1 fully saturated rings. The SMILES string of the molecule is Nc1ncc(-c2cccc(F)c2)c([C@@H]2CCCCN2Cc2ccccc2)n1. The number of nitrogens with zero attached hydrogens (tertiary/aromatic N) is 3. The van der Waals surface area contributed by atoms with Crippen molar-refractivity contribution >= 4 is 5.95 Å². The van der Waals surface area contributed by atoms with E-state index in [0.29, 0.717) is 0 Å². The van der Waals surface area contributed by atoms with E-state index in [1.807, 2.05) is 12.1 Å². The number of anilines is 1. The molecule has 4 rings (SSSR count). The van der Waals surface area contributed by atoms with E-state index >= 15 is 0 Å². The number of halogens is 1. The van der Waals surface area contributed by atoms with Crippen LogP contribution in [0, 0.1) is 5.82 Å². The fourth-order valence-corrected chi connectivity index (χ4v) is 3.85. The molecule has 1 aromatic heterocycles. The van der Waals surface area contributed by atoms with E-state index in [2.05, 4.69) is 39.1 Å². The fraction of sp³-hybridized carbons (Fsp3) is 0.273. The summed E-state index contributed by atoms with van der Waals surface area (Å²) < 4.78 is 13.8. The second-order valence-electron chi connectivity index (χ2n) is 7.01. The van der Waals surface area contributed by atoms with Crippen LogP contribution < -0.4 is 5.73 Å². The lowest BCUT2D eigenvalue weighted by molar-refractivity contribution is 0.137. The number of nitrogens with two attached hydrogens (primary N) is 1. The molecule has 2 heterocycles. The molecular formula is C22H23FN4. The third kappa shape index (κ3) is 3.98. The molecule has 0 spiro atoms. The van der Waals surface area contributed by atoms with E-state index in [1.165, 1.54) is 24.1 Å². The summed E-state index contributed by atoms with van der Waals surface area (Å²) in [5, 5.41) is 0. The summed E-state index contributed by atoms with van der Waals surface area (Å²) in [7, 11) is 0. The number of benzene rings is 2. The van der Waals surface area contributed by atoms with E-state index in [4.69, 9.17) is 5.73 Å². The van der Waals surface area contributed by atoms with E-state index in [1.54, 1.807) is 12.3 Å². The van der Waals surface area contributed by atoms with Gasteiger partial charge in [-0.25, -0.2) is 14.4 Å². The zero-order chi connectivity index (χ0) is 18.6. The van der Waals surface area contributed by atoms with Crippen molar-refractivity contribution in [3.05, 3.63) is 77.9 Å². The molecule has 1 aliphatic rings. The molecule has 0 amide bonds. The monoisotopic (exact) mass is 362 g/mol. The van der Waals surface area contributed by atoms with Gasteiger partial charge < -0.3 is 5.73 Å². The molecule has 2 aromatic carbocycles. The van der Waals surface area contributed by atoms with Crippen LogP contribution in [0.1, 0.15) is 36.6 Å². The highest BCUT2D eigenvalue weighted by atomic mass is 19.1. The largest absolute Gasteiger partial charge is 0.368 e. The number of nitrogen functional groups attached to an aromatic ring is 1. The van der Waals surface area contributed by atoms with Crippen molar-refractivity contribution in [3.63, 3.8) is 0 Å². The molecule has 0 aliphatic carbocycles. The van der Waals surface area contributed by atoms with Gasteiger partial charge in [-0.1, -0.05) is 48.9 Å². The predicted octanol–water partition coefficient (Wildman–Crippen LogP) is 4.59. The first kappa shape index (κ1) is 17.6. The van der Waals surface area contributed by atoms with Crippen molar-refractivity contribution in [1.82, 2.24) is 14.9 Å². The van der Waals surface area contributed by atoms with Crippen LogP contribution in [0.2, 0.25) is 0 Å². The smallest absolute Gasteiger partial charge is 0.220 e. The van der Waals surface area contributed by atoms with Crippen LogP contribution in [0.15, 0.2) is 60.8 Å². The second-order valence-corrected chi connectivity index (χ2v) is 7.01. The maximum absolute atomic E-state index is 13.8. The third-order valence-electron chi connectivity index (χ3n) is 5.13. The van der Waals surface area contributed by atoms with Crippen molar-refractivity contribution in [1.29, 1.82) is 0 Å². The van der Waals surface area contributed by atoms with Crippen LogP contribution in [0.5, 0.6) is 0 Å². The molecule has 5 heteroatoms. The molecule has 0 unspecified atom stereocenters. The number of rotatable bonds is 4. The van der Waals surface area contributed by atoms with Gasteiger partial charge in [0, 0.05) is 18.3 Å². The molecule has 0 bridgehead atoms. The maximum Gasteiger partial charge on any atom is 0.220 e. The van der Waals surface area contributed by atoms with Crippen molar-refractivity contribution in [2.45, 2.75) is 31.8 Å². The summed E-state index contributed by atoms with van der Waals surface area (Å²) >= 11 is 0. The van der Waals surface area contributed by atoms with Gasteiger partial charge in [-0.05, 0) is 42.6 Å². The number of hydrogen-bond donors (Lipinski definition) is 1. The summed E-state index contributed by atoms with van der Waals surface area (Å²) in [6.45, 7) is 1.87. The number of likely N-dealkylation sites (tertiary alicyclic amines) is 1. The number of hydrogen-bond acceptors (Lipinski definition) is 4. The third-order valence-corrected chi connectivity index (χ3v) is 5.13. The van der Waals surface area contributed by atoms with E-state index in [9.17, 15) is 4.39 Å². The van der Waals surface area contributed by atoms with Crippen LogP contribution >= 0.6 is 0 Å². The van der Waals surface area contributed by atoms with Gasteiger partial charge in [-0.3, -0.25) is 4.90 Å². The highest BCUT2D eigenvalue weighted by Gasteiger charge is 2.28. The molecule has 27 heavy (non-hydrogen) atoms. The minimum absolute atomic E-state index is 0.141. The van der Waals surface area contributed by atoms with Crippen molar-refractivity contribution < 1.29 is 4.39 Å². The molecule has 3 aromatic rings. The zero-order valence-corrected chi connectivity index (χ0v) is 15.2. The second kappa shape index (κ2) is 7.84. The Morgan fingerprint density at radius 2 is 1.93 bits per heavy atom. The summed E-state index contributed by atoms with van der Waals surface area (Å²) in [4.78, 5) is 11.2. The Hall–Kier alpha value is -2.79. The zero-order valence-electron chi connectivity index (χ0n) is 15.2.